The predicted molar refractivity (Wildman–Crippen MR) is 202 cm³/mol. The molecule has 302 valence electrons. The van der Waals surface area contributed by atoms with Gasteiger partial charge in [0, 0.05) is 13.0 Å². The average molecular weight is 782 g/mol. The molecule has 0 aromatic heterocycles. The molecule has 0 saturated carbocycles. The molecule has 0 aliphatic carbocycles. The Hall–Kier alpha value is -5.11. The third-order valence-corrected chi connectivity index (χ3v) is 8.69. The Kier molecular flexibility index (Phi) is 20.4. The number of carboxylic acids is 2. The van der Waals surface area contributed by atoms with Gasteiger partial charge in [0.05, 0.1) is 12.5 Å². The SMILES string of the molecule is CSCC[C@H](NC(=O)[C@@H](NC(=O)[C@@H](NC(=O)[C@H](Cc1ccc(O)cc1)NC(=O)[C@H](CC(=O)O)NC(=O)[C@@H](N)CCCN=C(N)N)C(C)C)C(C)C)C(=O)O. The molecule has 5 amide bonds. The number of amides is 5. The van der Waals surface area contributed by atoms with E-state index in [-0.39, 0.29) is 37.5 Å². The highest BCUT2D eigenvalue weighted by Gasteiger charge is 2.35. The first-order valence-corrected chi connectivity index (χ1v) is 18.7. The summed E-state index contributed by atoms with van der Waals surface area (Å²) in [5.41, 5.74) is 17.0. The van der Waals surface area contributed by atoms with E-state index >= 15 is 0 Å². The number of nitrogens with zero attached hydrogens (tertiary/aromatic N) is 1. The number of carboxylic acid groups (broad SMARTS) is 2. The monoisotopic (exact) mass is 781 g/mol. The van der Waals surface area contributed by atoms with E-state index in [0.29, 0.717) is 17.7 Å². The number of guanidine groups is 1. The van der Waals surface area contributed by atoms with Crippen LogP contribution in [0.3, 0.4) is 0 Å². The van der Waals surface area contributed by atoms with Crippen LogP contribution in [0, 0.1) is 11.8 Å². The number of aliphatic carboxylic acids is 2. The lowest BCUT2D eigenvalue weighted by molar-refractivity contribution is -0.143. The highest BCUT2D eigenvalue weighted by atomic mass is 32.2. The molecule has 54 heavy (non-hydrogen) atoms. The third kappa shape index (κ3) is 17.1. The van der Waals surface area contributed by atoms with Gasteiger partial charge < -0.3 is 59.1 Å². The number of thioether (sulfide) groups is 1. The molecule has 0 bridgehead atoms. The summed E-state index contributed by atoms with van der Waals surface area (Å²) in [7, 11) is 0. The van der Waals surface area contributed by atoms with Crippen molar-refractivity contribution < 1.29 is 48.9 Å². The largest absolute Gasteiger partial charge is 0.508 e. The van der Waals surface area contributed by atoms with E-state index in [0.717, 1.165) is 0 Å². The van der Waals surface area contributed by atoms with Gasteiger partial charge in [-0.1, -0.05) is 39.8 Å². The number of aliphatic imine (C=N–C) groups is 1. The van der Waals surface area contributed by atoms with Gasteiger partial charge in [-0.3, -0.25) is 33.8 Å². The predicted octanol–water partition coefficient (Wildman–Crippen LogP) is -1.64. The molecule has 0 aliphatic heterocycles. The van der Waals surface area contributed by atoms with Crippen molar-refractivity contribution in [1.82, 2.24) is 26.6 Å². The van der Waals surface area contributed by atoms with E-state index < -0.39 is 96.0 Å². The maximum absolute atomic E-state index is 13.9. The first kappa shape index (κ1) is 46.9. The van der Waals surface area contributed by atoms with Gasteiger partial charge in [-0.15, -0.1) is 0 Å². The normalized spacial score (nSPS) is 14.4. The highest BCUT2D eigenvalue weighted by Crippen LogP contribution is 2.14. The smallest absolute Gasteiger partial charge is 0.326 e. The third-order valence-electron chi connectivity index (χ3n) is 8.04. The number of hydrogen-bond donors (Lipinski definition) is 11. The van der Waals surface area contributed by atoms with Crippen molar-refractivity contribution in [2.75, 3.05) is 18.6 Å². The Balaban J connectivity index is 3.30. The lowest BCUT2D eigenvalue weighted by Gasteiger charge is -2.29. The Labute approximate surface area is 318 Å². The number of carbonyl (C=O) groups excluding carboxylic acids is 5. The zero-order valence-corrected chi connectivity index (χ0v) is 32.0. The Morgan fingerprint density at radius 3 is 1.72 bits per heavy atom. The number of hydrogen-bond acceptors (Lipinski definition) is 11. The first-order valence-electron chi connectivity index (χ1n) is 17.3. The fraction of sp³-hybridized carbons (Fsp3) is 0.588. The molecule has 19 nitrogen and oxygen atoms in total. The topological polar surface area (TPSA) is 331 Å². The summed E-state index contributed by atoms with van der Waals surface area (Å²) in [5, 5.41) is 41.3. The van der Waals surface area contributed by atoms with Crippen LogP contribution in [0.25, 0.3) is 0 Å². The molecule has 0 spiro atoms. The lowest BCUT2D eigenvalue weighted by Crippen LogP contribution is -2.61. The van der Waals surface area contributed by atoms with Gasteiger partial charge >= 0.3 is 11.9 Å². The second-order valence-electron chi connectivity index (χ2n) is 13.3. The number of phenols is 1. The van der Waals surface area contributed by atoms with Crippen molar-refractivity contribution in [1.29, 1.82) is 0 Å². The zero-order chi connectivity index (χ0) is 41.1. The minimum absolute atomic E-state index is 0.0677. The first-order chi connectivity index (χ1) is 25.3. The van der Waals surface area contributed by atoms with E-state index in [1.807, 2.05) is 0 Å². The Bertz CT molecular complexity index is 1470. The molecule has 0 saturated heterocycles. The van der Waals surface area contributed by atoms with Crippen LogP contribution in [0.5, 0.6) is 5.75 Å². The fourth-order valence-electron chi connectivity index (χ4n) is 4.98. The van der Waals surface area contributed by atoms with Crippen molar-refractivity contribution in [2.45, 2.75) is 96.1 Å². The number of nitrogens with one attached hydrogen (secondary N) is 5. The zero-order valence-electron chi connectivity index (χ0n) is 31.2. The van der Waals surface area contributed by atoms with Crippen LogP contribution < -0.4 is 43.8 Å². The molecule has 0 fully saturated rings. The number of aromatic hydroxyl groups is 1. The van der Waals surface area contributed by atoms with Gasteiger partial charge in [-0.05, 0) is 60.8 Å². The van der Waals surface area contributed by atoms with Crippen molar-refractivity contribution in [3.05, 3.63) is 29.8 Å². The second-order valence-corrected chi connectivity index (χ2v) is 14.3. The number of rotatable bonds is 24. The van der Waals surface area contributed by atoms with Crippen LogP contribution >= 0.6 is 11.8 Å². The lowest BCUT2D eigenvalue weighted by atomic mass is 9.98. The molecule has 0 aliphatic rings. The van der Waals surface area contributed by atoms with Crippen LogP contribution in [0.4, 0.5) is 0 Å². The molecule has 1 aromatic rings. The molecule has 14 N–H and O–H groups in total. The summed E-state index contributed by atoms with van der Waals surface area (Å²) in [6.45, 7) is 6.75. The number of nitrogens with two attached hydrogens (primary N) is 3. The standard InChI is InChI=1S/C34H55N9O10S/c1-17(2)26(31(50)39-22(33(52)53)12-14-54-5)43-32(51)27(18(3)4)42-30(49)23(15-19-8-10-20(44)11-9-19)41-29(48)24(16-25(45)46)40-28(47)21(35)7-6-13-38-34(36)37/h8-11,17-18,21-24,26-27,44H,6-7,12-16,35H2,1-5H3,(H,39,50)(H,40,47)(H,41,48)(H,42,49)(H,43,51)(H,45,46)(H,52,53)(H4,36,37,38)/t21-,22-,23-,24-,26-,27-/m0/s1. The summed E-state index contributed by atoms with van der Waals surface area (Å²) in [5.74, 6) is -7.67. The molecule has 20 heteroatoms. The van der Waals surface area contributed by atoms with Gasteiger partial charge in [0.1, 0.15) is 36.0 Å². The average Bonchev–Trinajstić information content (AvgIpc) is 3.08. The van der Waals surface area contributed by atoms with E-state index in [2.05, 4.69) is 31.6 Å². The maximum atomic E-state index is 13.9. The van der Waals surface area contributed by atoms with Gasteiger partial charge in [0.15, 0.2) is 5.96 Å². The van der Waals surface area contributed by atoms with Gasteiger partial charge in [-0.2, -0.15) is 11.8 Å². The molecule has 0 heterocycles. The Morgan fingerprint density at radius 2 is 1.22 bits per heavy atom. The van der Waals surface area contributed by atoms with Gasteiger partial charge in [0.2, 0.25) is 29.5 Å². The van der Waals surface area contributed by atoms with Crippen LogP contribution in [0.15, 0.2) is 29.3 Å². The molecule has 1 rings (SSSR count). The van der Waals surface area contributed by atoms with Crippen molar-refractivity contribution in [3.63, 3.8) is 0 Å². The minimum atomic E-state index is -1.66. The number of carbonyl (C=O) groups is 7. The molecule has 0 unspecified atom stereocenters. The quantitative estimate of drug-likeness (QED) is 0.0319. The minimum Gasteiger partial charge on any atom is -0.508 e. The van der Waals surface area contributed by atoms with Crippen molar-refractivity contribution in [2.24, 2.45) is 34.0 Å². The summed E-state index contributed by atoms with van der Waals surface area (Å²) in [6.07, 6.45) is 1.32. The maximum Gasteiger partial charge on any atom is 0.326 e. The van der Waals surface area contributed by atoms with Crippen molar-refractivity contribution in [3.8, 4) is 5.75 Å². The van der Waals surface area contributed by atoms with Crippen LogP contribution in [-0.4, -0.2) is 118 Å². The summed E-state index contributed by atoms with van der Waals surface area (Å²) >= 11 is 1.41. The second kappa shape index (κ2) is 23.5. The number of benzene rings is 1. The summed E-state index contributed by atoms with van der Waals surface area (Å²) < 4.78 is 0. The van der Waals surface area contributed by atoms with Gasteiger partial charge in [0.25, 0.3) is 0 Å². The van der Waals surface area contributed by atoms with Crippen LogP contribution in [0.2, 0.25) is 0 Å². The summed E-state index contributed by atoms with van der Waals surface area (Å²) in [4.78, 5) is 94.2. The van der Waals surface area contributed by atoms with E-state index in [9.17, 15) is 48.9 Å². The van der Waals surface area contributed by atoms with Crippen LogP contribution in [0.1, 0.15) is 58.9 Å². The number of phenolic OH excluding ortho intramolecular Hbond substituents is 1. The van der Waals surface area contributed by atoms with Crippen molar-refractivity contribution >= 4 is 59.2 Å². The highest BCUT2D eigenvalue weighted by molar-refractivity contribution is 7.98. The Morgan fingerprint density at radius 1 is 0.722 bits per heavy atom. The van der Waals surface area contributed by atoms with E-state index in [4.69, 9.17) is 17.2 Å². The summed E-state index contributed by atoms with van der Waals surface area (Å²) in [6, 6.07) is -2.17. The molecular weight excluding hydrogens is 726 g/mol. The van der Waals surface area contributed by atoms with E-state index in [1.165, 1.54) is 36.0 Å². The fourth-order valence-corrected chi connectivity index (χ4v) is 5.46. The van der Waals surface area contributed by atoms with Crippen LogP contribution in [-0.2, 0) is 40.0 Å². The van der Waals surface area contributed by atoms with Gasteiger partial charge in [-0.25, -0.2) is 4.79 Å². The molecule has 0 radical (unpaired) electrons. The van der Waals surface area contributed by atoms with E-state index in [1.54, 1.807) is 34.0 Å². The molecule has 6 atom stereocenters. The molecular formula is C34H55N9O10S. The molecule has 1 aromatic carbocycles.